The maximum Gasteiger partial charge on any atom is 0.0462 e. The highest BCUT2D eigenvalue weighted by Gasteiger charge is 2.20. The van der Waals surface area contributed by atoms with Crippen molar-refractivity contribution in [1.82, 2.24) is 10.2 Å². The minimum Gasteiger partial charge on any atom is -0.385 e. The third-order valence-corrected chi connectivity index (χ3v) is 3.70. The highest BCUT2D eigenvalue weighted by Crippen LogP contribution is 2.17. The van der Waals surface area contributed by atoms with Gasteiger partial charge in [0.05, 0.1) is 0 Å². The molecule has 0 aromatic heterocycles. The molecule has 3 nitrogen and oxygen atoms in total. The van der Waals surface area contributed by atoms with E-state index in [9.17, 15) is 0 Å². The molecule has 0 aliphatic carbocycles. The SMILES string of the molecule is COCCCCN1CCC(CNC(C)(C)C)CC1. The third kappa shape index (κ3) is 7.34. The van der Waals surface area contributed by atoms with Gasteiger partial charge in [-0.15, -0.1) is 0 Å². The lowest BCUT2D eigenvalue weighted by Crippen LogP contribution is -2.43. The van der Waals surface area contributed by atoms with E-state index < -0.39 is 0 Å². The van der Waals surface area contributed by atoms with Crippen LogP contribution in [0.25, 0.3) is 0 Å². The summed E-state index contributed by atoms with van der Waals surface area (Å²) >= 11 is 0. The number of hydrogen-bond acceptors (Lipinski definition) is 3. The Hall–Kier alpha value is -0.120. The van der Waals surface area contributed by atoms with Gasteiger partial charge in [0.2, 0.25) is 0 Å². The van der Waals surface area contributed by atoms with Crippen molar-refractivity contribution in [2.45, 2.75) is 52.0 Å². The second-order valence-electron chi connectivity index (χ2n) is 6.62. The normalized spacial score (nSPS) is 19.3. The molecular formula is C15H32N2O. The number of piperidine rings is 1. The maximum absolute atomic E-state index is 5.09. The van der Waals surface area contributed by atoms with E-state index in [1.807, 2.05) is 0 Å². The lowest BCUT2D eigenvalue weighted by molar-refractivity contribution is 0.159. The molecule has 3 heteroatoms. The number of rotatable bonds is 7. The van der Waals surface area contributed by atoms with E-state index in [1.54, 1.807) is 7.11 Å². The molecular weight excluding hydrogens is 224 g/mol. The van der Waals surface area contributed by atoms with Crippen molar-refractivity contribution in [1.29, 1.82) is 0 Å². The number of likely N-dealkylation sites (tertiary alicyclic amines) is 1. The number of hydrogen-bond donors (Lipinski definition) is 1. The van der Waals surface area contributed by atoms with Crippen LogP contribution in [0, 0.1) is 5.92 Å². The molecule has 0 radical (unpaired) electrons. The fourth-order valence-corrected chi connectivity index (χ4v) is 2.45. The monoisotopic (exact) mass is 256 g/mol. The molecule has 0 saturated carbocycles. The van der Waals surface area contributed by atoms with E-state index >= 15 is 0 Å². The van der Waals surface area contributed by atoms with Crippen LogP contribution in [0.4, 0.5) is 0 Å². The van der Waals surface area contributed by atoms with Crippen molar-refractivity contribution in [3.8, 4) is 0 Å². The zero-order chi connectivity index (χ0) is 13.4. The Balaban J connectivity index is 2.05. The van der Waals surface area contributed by atoms with Crippen LogP contribution in [0.15, 0.2) is 0 Å². The van der Waals surface area contributed by atoms with Gasteiger partial charge in [0.25, 0.3) is 0 Å². The molecule has 1 N–H and O–H groups in total. The van der Waals surface area contributed by atoms with E-state index in [1.165, 1.54) is 51.9 Å². The quantitative estimate of drug-likeness (QED) is 0.708. The van der Waals surface area contributed by atoms with Crippen LogP contribution in [0.5, 0.6) is 0 Å². The van der Waals surface area contributed by atoms with Crippen LogP contribution in [0.3, 0.4) is 0 Å². The molecule has 1 aliphatic heterocycles. The van der Waals surface area contributed by atoms with Gasteiger partial charge >= 0.3 is 0 Å². The molecule has 18 heavy (non-hydrogen) atoms. The van der Waals surface area contributed by atoms with Crippen LogP contribution in [0.1, 0.15) is 46.5 Å². The summed E-state index contributed by atoms with van der Waals surface area (Å²) in [5.74, 6) is 0.874. The zero-order valence-corrected chi connectivity index (χ0v) is 12.8. The topological polar surface area (TPSA) is 24.5 Å². The highest BCUT2D eigenvalue weighted by molar-refractivity contribution is 4.77. The molecule has 0 atom stereocenters. The zero-order valence-electron chi connectivity index (χ0n) is 12.8. The van der Waals surface area contributed by atoms with Crippen molar-refractivity contribution >= 4 is 0 Å². The summed E-state index contributed by atoms with van der Waals surface area (Å²) in [6, 6.07) is 0. The summed E-state index contributed by atoms with van der Waals surface area (Å²) in [6.07, 6.45) is 5.18. The van der Waals surface area contributed by atoms with Gasteiger partial charge in [-0.05, 0) is 78.6 Å². The summed E-state index contributed by atoms with van der Waals surface area (Å²) < 4.78 is 5.09. The van der Waals surface area contributed by atoms with Gasteiger partial charge in [-0.1, -0.05) is 0 Å². The molecule has 1 fully saturated rings. The van der Waals surface area contributed by atoms with Gasteiger partial charge in [-0.25, -0.2) is 0 Å². The van der Waals surface area contributed by atoms with Crippen molar-refractivity contribution in [2.75, 3.05) is 39.9 Å². The Labute approximate surface area is 113 Å². The van der Waals surface area contributed by atoms with E-state index in [-0.39, 0.29) is 5.54 Å². The molecule has 1 heterocycles. The van der Waals surface area contributed by atoms with Crippen molar-refractivity contribution in [2.24, 2.45) is 5.92 Å². The average Bonchev–Trinajstić information content (AvgIpc) is 2.33. The lowest BCUT2D eigenvalue weighted by Gasteiger charge is -2.33. The first-order valence-corrected chi connectivity index (χ1v) is 7.47. The molecule has 1 aliphatic rings. The second kappa shape index (κ2) is 8.13. The van der Waals surface area contributed by atoms with Gasteiger partial charge in [-0.3, -0.25) is 0 Å². The summed E-state index contributed by atoms with van der Waals surface area (Å²) in [7, 11) is 1.79. The van der Waals surface area contributed by atoms with Gasteiger partial charge in [0.15, 0.2) is 0 Å². The van der Waals surface area contributed by atoms with E-state index in [2.05, 4.69) is 31.0 Å². The van der Waals surface area contributed by atoms with Crippen LogP contribution in [0.2, 0.25) is 0 Å². The average molecular weight is 256 g/mol. The minimum absolute atomic E-state index is 0.261. The van der Waals surface area contributed by atoms with E-state index in [0.717, 1.165) is 12.5 Å². The third-order valence-electron chi connectivity index (χ3n) is 3.70. The summed E-state index contributed by atoms with van der Waals surface area (Å²) in [4.78, 5) is 2.61. The van der Waals surface area contributed by atoms with Gasteiger partial charge in [0, 0.05) is 19.3 Å². The number of nitrogens with one attached hydrogen (secondary N) is 1. The van der Waals surface area contributed by atoms with Crippen molar-refractivity contribution in [3.05, 3.63) is 0 Å². The van der Waals surface area contributed by atoms with Crippen molar-refractivity contribution < 1.29 is 4.74 Å². The summed E-state index contributed by atoms with van der Waals surface area (Å²) in [6.45, 7) is 12.6. The van der Waals surface area contributed by atoms with Crippen LogP contribution < -0.4 is 5.32 Å². The molecule has 0 aromatic rings. The van der Waals surface area contributed by atoms with Crippen molar-refractivity contribution in [3.63, 3.8) is 0 Å². The first kappa shape index (κ1) is 15.9. The Morgan fingerprint density at radius 2 is 1.83 bits per heavy atom. The smallest absolute Gasteiger partial charge is 0.0462 e. The second-order valence-corrected chi connectivity index (χ2v) is 6.62. The summed E-state index contributed by atoms with van der Waals surface area (Å²) in [5.41, 5.74) is 0.261. The maximum atomic E-state index is 5.09. The standard InChI is InChI=1S/C15H32N2O/c1-15(2,3)16-13-14-7-10-17(11-8-14)9-5-6-12-18-4/h14,16H,5-13H2,1-4H3. The minimum atomic E-state index is 0.261. The number of methoxy groups -OCH3 is 1. The van der Waals surface area contributed by atoms with E-state index in [4.69, 9.17) is 4.74 Å². The number of nitrogens with zero attached hydrogens (tertiary/aromatic N) is 1. The van der Waals surface area contributed by atoms with Crippen LogP contribution in [-0.2, 0) is 4.74 Å². The Morgan fingerprint density at radius 1 is 1.17 bits per heavy atom. The van der Waals surface area contributed by atoms with Crippen LogP contribution >= 0.6 is 0 Å². The van der Waals surface area contributed by atoms with Gasteiger partial charge in [0.1, 0.15) is 0 Å². The van der Waals surface area contributed by atoms with Gasteiger partial charge in [-0.2, -0.15) is 0 Å². The Bertz CT molecular complexity index is 205. The highest BCUT2D eigenvalue weighted by atomic mass is 16.5. The molecule has 0 amide bonds. The lowest BCUT2D eigenvalue weighted by atomic mass is 9.95. The number of unbranched alkanes of at least 4 members (excludes halogenated alkanes) is 1. The Morgan fingerprint density at radius 3 is 2.39 bits per heavy atom. The molecule has 0 bridgehead atoms. The number of ether oxygens (including phenoxy) is 1. The van der Waals surface area contributed by atoms with Crippen LogP contribution in [-0.4, -0.2) is 50.3 Å². The first-order valence-electron chi connectivity index (χ1n) is 7.47. The predicted molar refractivity (Wildman–Crippen MR) is 78.0 cm³/mol. The largest absolute Gasteiger partial charge is 0.385 e. The summed E-state index contributed by atoms with van der Waals surface area (Å²) in [5, 5.41) is 3.63. The molecule has 1 saturated heterocycles. The molecule has 0 aromatic carbocycles. The molecule has 108 valence electrons. The Kier molecular flexibility index (Phi) is 7.20. The first-order chi connectivity index (χ1) is 8.51. The fraction of sp³-hybridized carbons (Fsp3) is 1.00. The predicted octanol–water partition coefficient (Wildman–Crippen LogP) is 2.51. The molecule has 0 spiro atoms. The van der Waals surface area contributed by atoms with E-state index in [0.29, 0.717) is 0 Å². The van der Waals surface area contributed by atoms with Gasteiger partial charge < -0.3 is 15.0 Å². The molecule has 1 rings (SSSR count). The molecule has 0 unspecified atom stereocenters. The fourth-order valence-electron chi connectivity index (χ4n) is 2.45.